The second-order valence-corrected chi connectivity index (χ2v) is 26.6. The van der Waals surface area contributed by atoms with Crippen molar-refractivity contribution in [3.8, 4) is 0 Å². The molecule has 2 aliphatic rings. The minimum atomic E-state index is -0.619. The number of imide groups is 2. The summed E-state index contributed by atoms with van der Waals surface area (Å²) >= 11 is 0. The predicted molar refractivity (Wildman–Crippen MR) is 376 cm³/mol. The molecule has 0 aliphatic carbocycles. The fourth-order valence-corrected chi connectivity index (χ4v) is 14.7. The summed E-state index contributed by atoms with van der Waals surface area (Å²) in [7, 11) is 0. The third kappa shape index (κ3) is 15.7. The number of amides is 4. The normalized spacial score (nSPS) is 14.3. The van der Waals surface area contributed by atoms with Gasteiger partial charge in [0.25, 0.3) is 23.6 Å². The predicted octanol–water partition coefficient (Wildman–Crippen LogP) is 22.1. The van der Waals surface area contributed by atoms with Crippen LogP contribution in [-0.2, 0) is 13.1 Å². The fourth-order valence-electron chi connectivity index (χ4n) is 14.7. The van der Waals surface area contributed by atoms with E-state index in [1.165, 1.54) is 238 Å². The Hall–Kier alpha value is -7.20. The molecule has 4 heterocycles. The summed E-state index contributed by atoms with van der Waals surface area (Å²) in [5, 5.41) is 16.1. The summed E-state index contributed by atoms with van der Waals surface area (Å²) in [4.78, 5) is 57.8. The van der Waals surface area contributed by atoms with E-state index in [-0.39, 0.29) is 33.0 Å². The second kappa shape index (κ2) is 33.2. The molecule has 476 valence electrons. The van der Waals surface area contributed by atoms with Gasteiger partial charge in [-0.3, -0.25) is 19.2 Å². The molecule has 10 heteroatoms. The lowest BCUT2D eigenvalue weighted by Crippen LogP contribution is -2.39. The molecule has 0 saturated heterocycles. The van der Waals surface area contributed by atoms with Crippen molar-refractivity contribution in [3.05, 3.63) is 143 Å². The average Bonchev–Trinajstić information content (AvgIpc) is 1.02. The molecule has 0 spiro atoms. The van der Waals surface area contributed by atoms with Gasteiger partial charge in [-0.1, -0.05) is 256 Å². The maximum atomic E-state index is 14.4. The highest BCUT2D eigenvalue weighted by molar-refractivity contribution is 6.33. The number of rotatable bonds is 40. The zero-order valence-corrected chi connectivity index (χ0v) is 55.1. The van der Waals surface area contributed by atoms with Crippen molar-refractivity contribution in [1.29, 1.82) is 0 Å². The van der Waals surface area contributed by atoms with Crippen molar-refractivity contribution in [2.24, 2.45) is 22.0 Å². The van der Waals surface area contributed by atoms with E-state index in [0.29, 0.717) is 11.8 Å². The van der Waals surface area contributed by atoms with Crippen LogP contribution in [0.4, 0.5) is 0 Å². The molecule has 2 aliphatic heterocycles. The van der Waals surface area contributed by atoms with Crippen LogP contribution in [0, 0.1) is 11.8 Å². The number of hydrazone groups is 2. The Kier molecular flexibility index (Phi) is 24.3. The average molecular weight is 1210 g/mol. The van der Waals surface area contributed by atoms with Gasteiger partial charge in [0.05, 0.1) is 34.7 Å². The van der Waals surface area contributed by atoms with E-state index in [4.69, 9.17) is 0 Å². The number of para-hydroxylation sites is 2. The molecule has 2 unspecified atom stereocenters. The topological polar surface area (TPSA) is 109 Å². The molecule has 10 rings (SSSR count). The number of nitrogens with zero attached hydrogens (tertiary/aromatic N) is 6. The van der Waals surface area contributed by atoms with E-state index >= 15 is 0 Å². The van der Waals surface area contributed by atoms with Crippen molar-refractivity contribution in [2.45, 2.75) is 246 Å². The molecule has 2 aromatic heterocycles. The number of aromatic nitrogens is 2. The highest BCUT2D eigenvalue weighted by atomic mass is 16.2. The molecule has 8 aromatic rings. The Labute approximate surface area is 536 Å². The smallest absolute Gasteiger partial charge is 0.282 e. The van der Waals surface area contributed by atoms with Crippen molar-refractivity contribution < 1.29 is 19.2 Å². The first-order valence-corrected chi connectivity index (χ1v) is 35.7. The van der Waals surface area contributed by atoms with E-state index in [2.05, 4.69) is 120 Å². The van der Waals surface area contributed by atoms with Crippen LogP contribution in [-0.4, -0.2) is 55.2 Å². The summed E-state index contributed by atoms with van der Waals surface area (Å²) in [6, 6.07) is 36.2. The summed E-state index contributed by atoms with van der Waals surface area (Å²) < 4.78 is 5.05. The first-order valence-electron chi connectivity index (χ1n) is 35.7. The van der Waals surface area contributed by atoms with E-state index in [1.807, 2.05) is 12.1 Å². The van der Waals surface area contributed by atoms with E-state index in [0.717, 1.165) is 45.0 Å². The van der Waals surface area contributed by atoms with Crippen LogP contribution in [0.15, 0.2) is 119 Å². The first-order chi connectivity index (χ1) is 44.2. The number of hydrogen-bond acceptors (Lipinski definition) is 6. The van der Waals surface area contributed by atoms with E-state index in [1.54, 1.807) is 36.7 Å². The van der Waals surface area contributed by atoms with Gasteiger partial charge in [-0.2, -0.15) is 20.2 Å². The SMILES string of the molecule is CCCCCCCCCCC(CCCCCCCC)Cn1c2ccccc2c2cc(/C=N/N3C(=O)c4ccc5c6c(ccc(c46)C3=O)C(=O)N(/N=C/c3ccc4c(c3)c3ccccc3n4CC(CCCCCCCC)CCCCCCCCCC)C5=O)ccc21. The van der Waals surface area contributed by atoms with E-state index in [9.17, 15) is 19.2 Å². The Bertz CT molecular complexity index is 3470. The minimum absolute atomic E-state index is 0.204. The summed E-state index contributed by atoms with van der Waals surface area (Å²) in [5.74, 6) is -1.29. The summed E-state index contributed by atoms with van der Waals surface area (Å²) in [6.07, 6.45) is 45.0. The van der Waals surface area contributed by atoms with Gasteiger partial charge in [0.1, 0.15) is 0 Å². The van der Waals surface area contributed by atoms with Gasteiger partial charge in [0, 0.05) is 67.5 Å². The summed E-state index contributed by atoms with van der Waals surface area (Å²) in [5.41, 5.74) is 7.12. The molecule has 0 bridgehead atoms. The van der Waals surface area contributed by atoms with Gasteiger partial charge in [0.2, 0.25) is 0 Å². The number of carbonyl (C=O) groups is 4. The van der Waals surface area contributed by atoms with Gasteiger partial charge in [-0.15, -0.1) is 0 Å². The molecule has 0 N–H and O–H groups in total. The molecule has 0 radical (unpaired) electrons. The monoisotopic (exact) mass is 1210 g/mol. The number of fused-ring (bicyclic) bond motifs is 6. The van der Waals surface area contributed by atoms with Crippen LogP contribution in [0.3, 0.4) is 0 Å². The minimum Gasteiger partial charge on any atom is -0.340 e. The van der Waals surface area contributed by atoms with Gasteiger partial charge < -0.3 is 9.13 Å². The fraction of sp³-hybridized carbons (Fsp3) is 0.500. The van der Waals surface area contributed by atoms with Crippen LogP contribution in [0.25, 0.3) is 54.4 Å². The highest BCUT2D eigenvalue weighted by Gasteiger charge is 2.40. The molecule has 6 aromatic carbocycles. The molecule has 0 fully saturated rings. The molecule has 90 heavy (non-hydrogen) atoms. The maximum Gasteiger partial charge on any atom is 0.282 e. The van der Waals surface area contributed by atoms with Crippen LogP contribution in [0.2, 0.25) is 0 Å². The summed E-state index contributed by atoms with van der Waals surface area (Å²) in [6.45, 7) is 11.1. The maximum absolute atomic E-state index is 14.4. The van der Waals surface area contributed by atoms with Crippen molar-refractivity contribution in [3.63, 3.8) is 0 Å². The van der Waals surface area contributed by atoms with Crippen molar-refractivity contribution in [2.75, 3.05) is 0 Å². The highest BCUT2D eigenvalue weighted by Crippen LogP contribution is 2.40. The third-order valence-electron chi connectivity index (χ3n) is 19.8. The number of carbonyl (C=O) groups excluding carboxylic acids is 4. The third-order valence-corrected chi connectivity index (χ3v) is 19.8. The van der Waals surface area contributed by atoms with Crippen LogP contribution < -0.4 is 0 Å². The Morgan fingerprint density at radius 1 is 0.322 bits per heavy atom. The molecule has 2 atom stereocenters. The standard InChI is InChI=1S/C80H102N6O4/c1-5-9-13-17-21-23-27-31-39-59(37-29-25-19-15-11-7-3)57-83-71-43-35-33-41-63(71)69-53-61(45-51-73(69)83)55-81-85-77(87)65-47-49-67-76-68(50-48-66(75(65)76)78(85)88)80(90)86(79(67)89)82-56-62-46-52-74-70(54-62)64-42-34-36-44-72(64)84(74)58-60(38-30-26-20-16-12-8-4)40-32-28-24-22-18-14-10-6-2/h33-36,41-56,59-60H,5-32,37-40,57-58H2,1-4H3/b81-55+,82-56+. The number of hydrogen-bond donors (Lipinski definition) is 0. The number of unbranched alkanes of at least 4 members (excludes halogenated alkanes) is 24. The number of benzene rings is 6. The molecule has 0 saturated carbocycles. The lowest BCUT2D eigenvalue weighted by atomic mass is 9.87. The lowest BCUT2D eigenvalue weighted by molar-refractivity contribution is 0.0595. The Morgan fingerprint density at radius 3 is 0.911 bits per heavy atom. The van der Waals surface area contributed by atoms with Gasteiger partial charge >= 0.3 is 0 Å². The van der Waals surface area contributed by atoms with Crippen LogP contribution >= 0.6 is 0 Å². The van der Waals surface area contributed by atoms with Gasteiger partial charge in [-0.05, 0) is 109 Å². The Morgan fingerprint density at radius 2 is 0.600 bits per heavy atom. The van der Waals surface area contributed by atoms with Crippen molar-refractivity contribution >= 4 is 90.4 Å². The first kappa shape index (κ1) is 65.7. The zero-order valence-electron chi connectivity index (χ0n) is 55.1. The Balaban J connectivity index is 0.835. The zero-order chi connectivity index (χ0) is 62.6. The van der Waals surface area contributed by atoms with Gasteiger partial charge in [0.15, 0.2) is 0 Å². The molecular weight excluding hydrogens is 1110 g/mol. The molecule has 10 nitrogen and oxygen atoms in total. The van der Waals surface area contributed by atoms with Crippen molar-refractivity contribution in [1.82, 2.24) is 19.2 Å². The second-order valence-electron chi connectivity index (χ2n) is 26.6. The lowest BCUT2D eigenvalue weighted by Gasteiger charge is -2.28. The van der Waals surface area contributed by atoms with Crippen LogP contribution in [0.1, 0.15) is 286 Å². The largest absolute Gasteiger partial charge is 0.340 e. The van der Waals surface area contributed by atoms with Gasteiger partial charge in [-0.25, -0.2) is 0 Å². The van der Waals surface area contributed by atoms with Crippen LogP contribution in [0.5, 0.6) is 0 Å². The molecule has 4 amide bonds. The van der Waals surface area contributed by atoms with E-state index < -0.39 is 23.6 Å². The molecular formula is C80H102N6O4. The quantitative estimate of drug-likeness (QED) is 0.0216.